The Balaban J connectivity index is 1.44. The number of para-hydroxylation sites is 2. The van der Waals surface area contributed by atoms with Gasteiger partial charge in [-0.2, -0.15) is 5.10 Å². The highest BCUT2D eigenvalue weighted by molar-refractivity contribution is 7.20. The van der Waals surface area contributed by atoms with E-state index in [0.29, 0.717) is 22.2 Å². The molecule has 7 nitrogen and oxygen atoms in total. The number of aromatic nitrogens is 5. The van der Waals surface area contributed by atoms with Gasteiger partial charge in [-0.1, -0.05) is 12.1 Å². The van der Waals surface area contributed by atoms with Gasteiger partial charge in [0.2, 0.25) is 0 Å². The SMILES string of the molecule is Cc1cc(C)c2c(C)c(C(=O)Nc3cc(-c4nc5ccccc5[nH]4)[nH]n3)sc2n1. The fourth-order valence-corrected chi connectivity index (χ4v) is 4.79. The van der Waals surface area contributed by atoms with Crippen molar-refractivity contribution in [1.82, 2.24) is 25.1 Å². The maximum absolute atomic E-state index is 12.9. The first-order valence-corrected chi connectivity index (χ1v) is 10.0. The number of aryl methyl sites for hydroxylation is 3. The van der Waals surface area contributed by atoms with Gasteiger partial charge >= 0.3 is 0 Å². The highest BCUT2D eigenvalue weighted by Crippen LogP contribution is 2.32. The van der Waals surface area contributed by atoms with Crippen molar-refractivity contribution in [3.05, 3.63) is 58.1 Å². The zero-order chi connectivity index (χ0) is 20.1. The third-order valence-corrected chi connectivity index (χ3v) is 6.08. The van der Waals surface area contributed by atoms with Crippen LogP contribution in [-0.4, -0.2) is 31.1 Å². The van der Waals surface area contributed by atoms with E-state index in [1.165, 1.54) is 11.3 Å². The lowest BCUT2D eigenvalue weighted by Crippen LogP contribution is -2.11. The molecule has 0 saturated heterocycles. The van der Waals surface area contributed by atoms with Gasteiger partial charge in [0.05, 0.1) is 15.9 Å². The predicted octanol–water partition coefficient (Wildman–Crippen LogP) is 4.74. The molecule has 0 saturated carbocycles. The average Bonchev–Trinajstić information content (AvgIpc) is 3.38. The van der Waals surface area contributed by atoms with Gasteiger partial charge in [0.25, 0.3) is 5.91 Å². The van der Waals surface area contributed by atoms with Crippen LogP contribution in [0.3, 0.4) is 0 Å². The largest absolute Gasteiger partial charge is 0.337 e. The van der Waals surface area contributed by atoms with Gasteiger partial charge in [-0.3, -0.25) is 9.89 Å². The molecule has 0 aliphatic carbocycles. The second-order valence-corrected chi connectivity index (χ2v) is 8.04. The van der Waals surface area contributed by atoms with E-state index in [4.69, 9.17) is 0 Å². The summed E-state index contributed by atoms with van der Waals surface area (Å²) >= 11 is 1.41. The van der Waals surface area contributed by atoms with Gasteiger partial charge < -0.3 is 10.3 Å². The Kier molecular flexibility index (Phi) is 3.95. The van der Waals surface area contributed by atoms with Crippen molar-refractivity contribution >= 4 is 44.3 Å². The first kappa shape index (κ1) is 17.6. The molecule has 1 amide bonds. The Labute approximate surface area is 170 Å². The molecule has 0 aliphatic heterocycles. The van der Waals surface area contributed by atoms with E-state index >= 15 is 0 Å². The van der Waals surface area contributed by atoms with Crippen molar-refractivity contribution in [1.29, 1.82) is 0 Å². The summed E-state index contributed by atoms with van der Waals surface area (Å²) in [5.74, 6) is 0.931. The van der Waals surface area contributed by atoms with Gasteiger partial charge in [0.1, 0.15) is 10.5 Å². The van der Waals surface area contributed by atoms with Crippen molar-refractivity contribution in [2.45, 2.75) is 20.8 Å². The zero-order valence-electron chi connectivity index (χ0n) is 16.1. The van der Waals surface area contributed by atoms with Crippen LogP contribution in [0.5, 0.6) is 0 Å². The van der Waals surface area contributed by atoms with Crippen molar-refractivity contribution in [3.8, 4) is 11.5 Å². The van der Waals surface area contributed by atoms with Gasteiger partial charge in [-0.25, -0.2) is 9.97 Å². The molecule has 8 heteroatoms. The van der Waals surface area contributed by atoms with Crippen LogP contribution < -0.4 is 5.32 Å². The number of aromatic amines is 2. The topological polar surface area (TPSA) is 99.3 Å². The number of anilines is 1. The molecular formula is C21H18N6OS. The summed E-state index contributed by atoms with van der Waals surface area (Å²) in [6.45, 7) is 5.97. The third kappa shape index (κ3) is 2.98. The fourth-order valence-electron chi connectivity index (χ4n) is 3.60. The number of H-pyrrole nitrogens is 2. The number of imidazole rings is 1. The van der Waals surface area contributed by atoms with Crippen LogP contribution in [0.4, 0.5) is 5.82 Å². The minimum Gasteiger partial charge on any atom is -0.337 e. The highest BCUT2D eigenvalue weighted by atomic mass is 32.1. The van der Waals surface area contributed by atoms with Crippen LogP contribution in [-0.2, 0) is 0 Å². The van der Waals surface area contributed by atoms with Crippen molar-refractivity contribution in [3.63, 3.8) is 0 Å². The number of amides is 1. The first-order valence-electron chi connectivity index (χ1n) is 9.19. The van der Waals surface area contributed by atoms with Gasteiger partial charge in [0, 0.05) is 17.1 Å². The molecular weight excluding hydrogens is 384 g/mol. The lowest BCUT2D eigenvalue weighted by Gasteiger charge is -2.01. The molecule has 0 aliphatic rings. The maximum Gasteiger partial charge on any atom is 0.267 e. The average molecular weight is 402 g/mol. The number of nitrogens with one attached hydrogen (secondary N) is 3. The lowest BCUT2D eigenvalue weighted by atomic mass is 10.1. The molecule has 3 N–H and O–H groups in total. The van der Waals surface area contributed by atoms with E-state index in [1.54, 1.807) is 6.07 Å². The van der Waals surface area contributed by atoms with Gasteiger partial charge in [0.15, 0.2) is 11.6 Å². The van der Waals surface area contributed by atoms with Gasteiger partial charge in [-0.15, -0.1) is 11.3 Å². The lowest BCUT2D eigenvalue weighted by molar-refractivity contribution is 0.102. The van der Waals surface area contributed by atoms with E-state index in [2.05, 4.69) is 30.5 Å². The highest BCUT2D eigenvalue weighted by Gasteiger charge is 2.19. The fraction of sp³-hybridized carbons (Fsp3) is 0.143. The first-order chi connectivity index (χ1) is 14.0. The number of fused-ring (bicyclic) bond motifs is 2. The number of pyridine rings is 1. The summed E-state index contributed by atoms with van der Waals surface area (Å²) in [6, 6.07) is 11.6. The summed E-state index contributed by atoms with van der Waals surface area (Å²) in [5, 5.41) is 11.1. The molecule has 5 rings (SSSR count). The molecule has 0 unspecified atom stereocenters. The van der Waals surface area contributed by atoms with Crippen LogP contribution in [0, 0.1) is 20.8 Å². The van der Waals surface area contributed by atoms with E-state index in [1.807, 2.05) is 51.1 Å². The van der Waals surface area contributed by atoms with Crippen molar-refractivity contribution in [2.75, 3.05) is 5.32 Å². The number of thiophene rings is 1. The van der Waals surface area contributed by atoms with Crippen LogP contribution in [0.1, 0.15) is 26.5 Å². The number of benzene rings is 1. The normalized spacial score (nSPS) is 11.4. The number of carbonyl (C=O) groups is 1. The maximum atomic E-state index is 12.9. The summed E-state index contributed by atoms with van der Waals surface area (Å²) in [6.07, 6.45) is 0. The molecule has 0 bridgehead atoms. The van der Waals surface area contributed by atoms with Crippen LogP contribution >= 0.6 is 11.3 Å². The zero-order valence-corrected chi connectivity index (χ0v) is 16.9. The standard InChI is InChI=1S/C21H18N6OS/c1-10-8-11(2)22-21-17(10)12(3)18(29-21)20(28)25-16-9-15(26-27-16)19-23-13-6-4-5-7-14(13)24-19/h4-9H,1-3H3,(H,23,24)(H2,25,26,27,28). The van der Waals surface area contributed by atoms with E-state index in [-0.39, 0.29) is 5.91 Å². The molecule has 4 heterocycles. The Morgan fingerprint density at radius 3 is 2.76 bits per heavy atom. The third-order valence-electron chi connectivity index (χ3n) is 4.90. The smallest absolute Gasteiger partial charge is 0.267 e. The van der Waals surface area contributed by atoms with Crippen LogP contribution in [0.25, 0.3) is 32.8 Å². The number of hydrogen-bond donors (Lipinski definition) is 3. The number of hydrogen-bond acceptors (Lipinski definition) is 5. The Hall–Kier alpha value is -3.52. The predicted molar refractivity (Wildman–Crippen MR) is 115 cm³/mol. The van der Waals surface area contributed by atoms with Crippen molar-refractivity contribution in [2.24, 2.45) is 0 Å². The molecule has 0 atom stereocenters. The van der Waals surface area contributed by atoms with Crippen LogP contribution in [0.15, 0.2) is 36.4 Å². The Bertz CT molecular complexity index is 1360. The molecule has 144 valence electrons. The second kappa shape index (κ2) is 6.52. The minimum absolute atomic E-state index is 0.190. The second-order valence-electron chi connectivity index (χ2n) is 7.04. The van der Waals surface area contributed by atoms with E-state index in [0.717, 1.165) is 38.1 Å². The minimum atomic E-state index is -0.190. The van der Waals surface area contributed by atoms with Crippen molar-refractivity contribution < 1.29 is 4.79 Å². The quantitative estimate of drug-likeness (QED) is 0.406. The Morgan fingerprint density at radius 1 is 1.10 bits per heavy atom. The van der Waals surface area contributed by atoms with Crippen LogP contribution in [0.2, 0.25) is 0 Å². The van der Waals surface area contributed by atoms with Gasteiger partial charge in [-0.05, 0) is 50.1 Å². The molecule has 5 aromatic rings. The number of nitrogens with zero attached hydrogens (tertiary/aromatic N) is 3. The summed E-state index contributed by atoms with van der Waals surface area (Å²) < 4.78 is 0. The monoisotopic (exact) mass is 402 g/mol. The molecule has 1 aromatic carbocycles. The molecule has 4 aromatic heterocycles. The molecule has 0 fully saturated rings. The van der Waals surface area contributed by atoms with E-state index < -0.39 is 0 Å². The molecule has 0 radical (unpaired) electrons. The number of rotatable bonds is 3. The summed E-state index contributed by atoms with van der Waals surface area (Å²) in [5.41, 5.74) is 5.56. The summed E-state index contributed by atoms with van der Waals surface area (Å²) in [4.78, 5) is 26.8. The molecule has 29 heavy (non-hydrogen) atoms. The number of carbonyl (C=O) groups excluding carboxylic acids is 1. The molecule has 0 spiro atoms. The summed E-state index contributed by atoms with van der Waals surface area (Å²) in [7, 11) is 0. The Morgan fingerprint density at radius 2 is 1.93 bits per heavy atom. The van der Waals surface area contributed by atoms with E-state index in [9.17, 15) is 4.79 Å².